The van der Waals surface area contributed by atoms with Crippen LogP contribution in [0.1, 0.15) is 36.8 Å². The minimum Gasteiger partial charge on any atom is -0.278 e. The van der Waals surface area contributed by atoms with E-state index in [1.54, 1.807) is 0 Å². The van der Waals surface area contributed by atoms with Gasteiger partial charge >= 0.3 is 0 Å². The molecule has 0 aliphatic carbocycles. The zero-order valence-corrected chi connectivity index (χ0v) is 10.4. The van der Waals surface area contributed by atoms with Crippen molar-refractivity contribution in [3.8, 4) is 6.07 Å². The molecule has 1 aromatic carbocycles. The van der Waals surface area contributed by atoms with Crippen molar-refractivity contribution in [2.75, 3.05) is 0 Å². The highest BCUT2D eigenvalue weighted by Crippen LogP contribution is 2.17. The Hall–Kier alpha value is -2.22. The molecule has 0 aromatic heterocycles. The summed E-state index contributed by atoms with van der Waals surface area (Å²) in [5, 5.41) is 8.78. The van der Waals surface area contributed by atoms with Crippen molar-refractivity contribution in [2.45, 2.75) is 32.2 Å². The van der Waals surface area contributed by atoms with Crippen molar-refractivity contribution >= 4 is 11.8 Å². The Morgan fingerprint density at radius 2 is 1.79 bits per heavy atom. The van der Waals surface area contributed by atoms with Crippen LogP contribution in [0.25, 0.3) is 0 Å². The molecule has 0 N–H and O–H groups in total. The quantitative estimate of drug-likeness (QED) is 0.765. The van der Waals surface area contributed by atoms with Crippen molar-refractivity contribution in [1.82, 2.24) is 4.90 Å². The van der Waals surface area contributed by atoms with E-state index in [1.807, 2.05) is 6.07 Å². The van der Waals surface area contributed by atoms with E-state index >= 15 is 0 Å². The van der Waals surface area contributed by atoms with Crippen LogP contribution in [-0.2, 0) is 16.1 Å². The molecule has 2 amide bonds. The fraction of sp³-hybridized carbons (Fsp3) is 0.357. The third-order valence-corrected chi connectivity index (χ3v) is 3.06. The van der Waals surface area contributed by atoms with Gasteiger partial charge in [-0.05, 0) is 36.6 Å². The van der Waals surface area contributed by atoms with Crippen LogP contribution in [-0.4, -0.2) is 16.7 Å². The molecule has 1 aliphatic heterocycles. The Bertz CT molecular complexity index is 545. The highest BCUT2D eigenvalue weighted by molar-refractivity contribution is 5.95. The second-order valence-corrected chi connectivity index (χ2v) is 4.54. The number of likely N-dealkylation sites (tertiary alicyclic amines) is 1. The number of hydrogen-bond acceptors (Lipinski definition) is 3. The largest absolute Gasteiger partial charge is 0.278 e. The normalized spacial score (nSPS) is 16.1. The van der Waals surface area contributed by atoms with Gasteiger partial charge in [0.1, 0.15) is 5.82 Å². The Balaban J connectivity index is 2.24. The number of halogens is 1. The molecule has 5 heteroatoms. The van der Waals surface area contributed by atoms with Gasteiger partial charge in [-0.1, -0.05) is 0 Å². The number of carbonyl (C=O) groups is 2. The van der Waals surface area contributed by atoms with Gasteiger partial charge in [0.2, 0.25) is 11.8 Å². The minimum absolute atomic E-state index is 0.0319. The monoisotopic (exact) mass is 260 g/mol. The SMILES string of the molecule is N#Cc1cc(F)cc(CN2C(=O)CCCCC2=O)c1. The average molecular weight is 260 g/mol. The van der Waals surface area contributed by atoms with Gasteiger partial charge in [-0.2, -0.15) is 5.26 Å². The molecule has 0 atom stereocenters. The Labute approximate surface area is 110 Å². The van der Waals surface area contributed by atoms with Gasteiger partial charge in [-0.3, -0.25) is 14.5 Å². The predicted octanol–water partition coefficient (Wildman–Crippen LogP) is 2.13. The van der Waals surface area contributed by atoms with Gasteiger partial charge in [0.15, 0.2) is 0 Å². The Morgan fingerprint density at radius 3 is 2.37 bits per heavy atom. The van der Waals surface area contributed by atoms with Crippen molar-refractivity contribution in [3.63, 3.8) is 0 Å². The third-order valence-electron chi connectivity index (χ3n) is 3.06. The number of nitrogens with zero attached hydrogens (tertiary/aromatic N) is 2. The van der Waals surface area contributed by atoms with Crippen molar-refractivity contribution in [3.05, 3.63) is 35.1 Å². The lowest BCUT2D eigenvalue weighted by Crippen LogP contribution is -2.34. The summed E-state index contributed by atoms with van der Waals surface area (Å²) < 4.78 is 13.3. The van der Waals surface area contributed by atoms with E-state index in [2.05, 4.69) is 0 Å². The summed E-state index contributed by atoms with van der Waals surface area (Å²) in [6, 6.07) is 5.71. The van der Waals surface area contributed by atoms with E-state index < -0.39 is 5.82 Å². The number of carbonyl (C=O) groups excluding carboxylic acids is 2. The first-order valence-electron chi connectivity index (χ1n) is 6.13. The molecule has 4 nitrogen and oxygen atoms in total. The average Bonchev–Trinajstić information content (AvgIpc) is 2.53. The number of hydrogen-bond donors (Lipinski definition) is 0. The first-order chi connectivity index (χ1) is 9.10. The molecule has 1 saturated heterocycles. The molecule has 0 unspecified atom stereocenters. The highest BCUT2D eigenvalue weighted by Gasteiger charge is 2.24. The van der Waals surface area contributed by atoms with Crippen LogP contribution < -0.4 is 0 Å². The molecular weight excluding hydrogens is 247 g/mol. The molecular formula is C14H13FN2O2. The number of rotatable bonds is 2. The van der Waals surface area contributed by atoms with E-state index in [1.165, 1.54) is 12.1 Å². The van der Waals surface area contributed by atoms with Crippen LogP contribution >= 0.6 is 0 Å². The summed E-state index contributed by atoms with van der Waals surface area (Å²) in [5.41, 5.74) is 0.643. The van der Waals surface area contributed by atoms with Crippen LogP contribution in [0.15, 0.2) is 18.2 Å². The summed E-state index contributed by atoms with van der Waals surface area (Å²) >= 11 is 0. The van der Waals surface area contributed by atoms with Crippen LogP contribution in [0.2, 0.25) is 0 Å². The first kappa shape index (κ1) is 13.2. The second-order valence-electron chi connectivity index (χ2n) is 4.54. The van der Waals surface area contributed by atoms with Gasteiger partial charge < -0.3 is 0 Å². The minimum atomic E-state index is -0.538. The predicted molar refractivity (Wildman–Crippen MR) is 65.1 cm³/mol. The summed E-state index contributed by atoms with van der Waals surface area (Å²) in [6.07, 6.45) is 2.08. The van der Waals surface area contributed by atoms with E-state index in [0.29, 0.717) is 31.2 Å². The molecule has 1 aromatic rings. The topological polar surface area (TPSA) is 61.2 Å². The fourth-order valence-electron chi connectivity index (χ4n) is 2.13. The number of nitriles is 1. The lowest BCUT2D eigenvalue weighted by molar-refractivity contribution is -0.144. The standard InChI is InChI=1S/C14H13FN2O2/c15-12-6-10(8-16)5-11(7-12)9-17-13(18)3-1-2-4-14(17)19/h5-7H,1-4,9H2. The lowest BCUT2D eigenvalue weighted by atomic mass is 10.1. The maximum atomic E-state index is 13.3. The van der Waals surface area contributed by atoms with E-state index in [-0.39, 0.29) is 23.9 Å². The zero-order chi connectivity index (χ0) is 13.8. The van der Waals surface area contributed by atoms with Gasteiger partial charge in [-0.25, -0.2) is 4.39 Å². The van der Waals surface area contributed by atoms with Gasteiger partial charge in [-0.15, -0.1) is 0 Å². The van der Waals surface area contributed by atoms with Crippen LogP contribution in [0.3, 0.4) is 0 Å². The molecule has 1 fully saturated rings. The lowest BCUT2D eigenvalue weighted by Gasteiger charge is -2.18. The first-order valence-corrected chi connectivity index (χ1v) is 6.13. The zero-order valence-electron chi connectivity index (χ0n) is 10.4. The van der Waals surface area contributed by atoms with Crippen LogP contribution in [0.4, 0.5) is 4.39 Å². The summed E-state index contributed by atoms with van der Waals surface area (Å²) in [6.45, 7) is 0.0319. The van der Waals surface area contributed by atoms with Crippen LogP contribution in [0, 0.1) is 17.1 Å². The summed E-state index contributed by atoms with van der Waals surface area (Å²) in [4.78, 5) is 24.8. The molecule has 0 bridgehead atoms. The molecule has 1 aliphatic rings. The smallest absolute Gasteiger partial charge is 0.229 e. The Kier molecular flexibility index (Phi) is 3.91. The van der Waals surface area contributed by atoms with E-state index in [4.69, 9.17) is 5.26 Å². The molecule has 0 radical (unpaired) electrons. The van der Waals surface area contributed by atoms with Crippen molar-refractivity contribution in [1.29, 1.82) is 5.26 Å². The van der Waals surface area contributed by atoms with E-state index in [9.17, 15) is 14.0 Å². The summed E-state index contributed by atoms with van der Waals surface area (Å²) in [5.74, 6) is -1.00. The van der Waals surface area contributed by atoms with Crippen molar-refractivity contribution in [2.24, 2.45) is 0 Å². The van der Waals surface area contributed by atoms with Gasteiger partial charge in [0, 0.05) is 12.8 Å². The maximum Gasteiger partial charge on any atom is 0.229 e. The number of amides is 2. The second kappa shape index (κ2) is 5.61. The highest BCUT2D eigenvalue weighted by atomic mass is 19.1. The van der Waals surface area contributed by atoms with E-state index in [0.717, 1.165) is 11.0 Å². The summed E-state index contributed by atoms with van der Waals surface area (Å²) in [7, 11) is 0. The molecule has 0 saturated carbocycles. The third kappa shape index (κ3) is 3.16. The maximum absolute atomic E-state index is 13.3. The fourth-order valence-corrected chi connectivity index (χ4v) is 2.13. The molecule has 1 heterocycles. The van der Waals surface area contributed by atoms with Crippen LogP contribution in [0.5, 0.6) is 0 Å². The number of imide groups is 1. The van der Waals surface area contributed by atoms with Gasteiger partial charge in [0.05, 0.1) is 18.2 Å². The number of benzene rings is 1. The van der Waals surface area contributed by atoms with Crippen molar-refractivity contribution < 1.29 is 14.0 Å². The molecule has 0 spiro atoms. The molecule has 98 valence electrons. The molecule has 19 heavy (non-hydrogen) atoms. The molecule has 2 rings (SSSR count). The van der Waals surface area contributed by atoms with Gasteiger partial charge in [0.25, 0.3) is 0 Å². The Morgan fingerprint density at radius 1 is 1.16 bits per heavy atom.